The van der Waals surface area contributed by atoms with Crippen LogP contribution in [0.2, 0.25) is 0 Å². The van der Waals surface area contributed by atoms with Crippen LogP contribution in [0.1, 0.15) is 12.7 Å². The molecule has 0 atom stereocenters. The van der Waals surface area contributed by atoms with Crippen molar-refractivity contribution in [3.8, 4) is 11.4 Å². The monoisotopic (exact) mass is 301 g/mol. The van der Waals surface area contributed by atoms with Gasteiger partial charge >= 0.3 is 0 Å². The minimum Gasteiger partial charge on any atom is -0.492 e. The van der Waals surface area contributed by atoms with Crippen LogP contribution in [0.3, 0.4) is 0 Å². The predicted octanol–water partition coefficient (Wildman–Crippen LogP) is 3.60. The van der Waals surface area contributed by atoms with Crippen molar-refractivity contribution in [1.29, 1.82) is 0 Å². The minimum atomic E-state index is 0.514. The van der Waals surface area contributed by atoms with Gasteiger partial charge in [-0.05, 0) is 31.2 Å². The van der Waals surface area contributed by atoms with E-state index in [1.807, 2.05) is 47.9 Å². The molecule has 0 bridgehead atoms. The molecule has 3 rings (SSSR count). The van der Waals surface area contributed by atoms with E-state index in [1.54, 1.807) is 6.20 Å². The Morgan fingerprint density at radius 1 is 1.19 bits per heavy atom. The van der Waals surface area contributed by atoms with E-state index in [4.69, 9.17) is 16.3 Å². The molecule has 108 valence electrons. The van der Waals surface area contributed by atoms with E-state index in [-0.39, 0.29) is 0 Å². The summed E-state index contributed by atoms with van der Waals surface area (Å²) in [4.78, 5) is 9.10. The van der Waals surface area contributed by atoms with Crippen LogP contribution in [-0.2, 0) is 6.42 Å². The summed E-state index contributed by atoms with van der Waals surface area (Å²) in [5.74, 6) is 2.23. The number of nitrogens with zero attached hydrogens (tertiary/aromatic N) is 3. The summed E-state index contributed by atoms with van der Waals surface area (Å²) in [6.07, 6.45) is 2.45. The van der Waals surface area contributed by atoms with E-state index in [0.29, 0.717) is 18.9 Å². The summed E-state index contributed by atoms with van der Waals surface area (Å²) in [7, 11) is 0. The minimum absolute atomic E-state index is 0.514. The lowest BCUT2D eigenvalue weighted by Gasteiger charge is -2.13. The lowest BCUT2D eigenvalue weighted by Crippen LogP contribution is -2.05. The summed E-state index contributed by atoms with van der Waals surface area (Å²) in [6, 6.07) is 11.8. The van der Waals surface area contributed by atoms with Gasteiger partial charge < -0.3 is 4.74 Å². The summed E-state index contributed by atoms with van der Waals surface area (Å²) < 4.78 is 7.76. The van der Waals surface area contributed by atoms with Crippen LogP contribution >= 0.6 is 11.6 Å². The molecule has 0 amide bonds. The Labute approximate surface area is 128 Å². The topological polar surface area (TPSA) is 39.9 Å². The Kier molecular flexibility index (Phi) is 4.06. The SMILES string of the molecule is CCOc1ccccc1-n1c(CCCl)nc2cccnc21. The number of benzene rings is 1. The van der Waals surface area contributed by atoms with E-state index in [1.165, 1.54) is 0 Å². The van der Waals surface area contributed by atoms with Crippen LogP contribution in [0.15, 0.2) is 42.6 Å². The van der Waals surface area contributed by atoms with Gasteiger partial charge in [-0.3, -0.25) is 4.57 Å². The molecule has 1 aromatic carbocycles. The molecule has 0 spiro atoms. The number of imidazole rings is 1. The Bertz CT molecular complexity index is 754. The molecule has 3 aromatic rings. The fraction of sp³-hybridized carbons (Fsp3) is 0.250. The standard InChI is InChI=1S/C16H16ClN3O/c1-2-21-14-8-4-3-7-13(14)20-15(9-10-17)19-12-6-5-11-18-16(12)20/h3-8,11H,2,9-10H2,1H3. The van der Waals surface area contributed by atoms with Crippen molar-refractivity contribution >= 4 is 22.8 Å². The summed E-state index contributed by atoms with van der Waals surface area (Å²) in [5.41, 5.74) is 2.63. The van der Waals surface area contributed by atoms with E-state index >= 15 is 0 Å². The molecule has 4 nitrogen and oxygen atoms in total. The lowest BCUT2D eigenvalue weighted by molar-refractivity contribution is 0.339. The normalized spacial score (nSPS) is 11.0. The first-order valence-electron chi connectivity index (χ1n) is 6.95. The Hall–Kier alpha value is -2.07. The largest absolute Gasteiger partial charge is 0.492 e. The highest BCUT2D eigenvalue weighted by atomic mass is 35.5. The van der Waals surface area contributed by atoms with Gasteiger partial charge in [0.1, 0.15) is 17.1 Å². The van der Waals surface area contributed by atoms with Crippen molar-refractivity contribution in [1.82, 2.24) is 14.5 Å². The van der Waals surface area contributed by atoms with Gasteiger partial charge in [-0.25, -0.2) is 9.97 Å². The molecule has 2 heterocycles. The molecule has 21 heavy (non-hydrogen) atoms. The van der Waals surface area contributed by atoms with Gasteiger partial charge in [0, 0.05) is 18.5 Å². The van der Waals surface area contributed by atoms with Crippen molar-refractivity contribution < 1.29 is 4.74 Å². The molecule has 0 unspecified atom stereocenters. The number of aromatic nitrogens is 3. The van der Waals surface area contributed by atoms with Gasteiger partial charge in [0.25, 0.3) is 0 Å². The maximum absolute atomic E-state index is 5.92. The first kappa shape index (κ1) is 13.9. The molecule has 2 aromatic heterocycles. The van der Waals surface area contributed by atoms with Gasteiger partial charge in [0.05, 0.1) is 12.3 Å². The van der Waals surface area contributed by atoms with Crippen LogP contribution in [0, 0.1) is 0 Å². The average molecular weight is 302 g/mol. The second kappa shape index (κ2) is 6.14. The zero-order valence-corrected chi connectivity index (χ0v) is 12.5. The quantitative estimate of drug-likeness (QED) is 0.676. The maximum Gasteiger partial charge on any atom is 0.164 e. The van der Waals surface area contributed by atoms with Gasteiger partial charge in [-0.1, -0.05) is 12.1 Å². The van der Waals surface area contributed by atoms with Crippen molar-refractivity contribution in [3.05, 3.63) is 48.4 Å². The van der Waals surface area contributed by atoms with E-state index < -0.39 is 0 Å². The Morgan fingerprint density at radius 3 is 2.86 bits per heavy atom. The number of pyridine rings is 1. The third kappa shape index (κ3) is 2.59. The molecular weight excluding hydrogens is 286 g/mol. The predicted molar refractivity (Wildman–Crippen MR) is 84.5 cm³/mol. The molecule has 0 saturated carbocycles. The fourth-order valence-corrected chi connectivity index (χ4v) is 2.55. The van der Waals surface area contributed by atoms with Gasteiger partial charge in [-0.15, -0.1) is 11.6 Å². The first-order valence-corrected chi connectivity index (χ1v) is 7.49. The number of alkyl halides is 1. The van der Waals surface area contributed by atoms with Crippen LogP contribution in [-0.4, -0.2) is 27.0 Å². The number of hydrogen-bond donors (Lipinski definition) is 0. The van der Waals surface area contributed by atoms with E-state index in [9.17, 15) is 0 Å². The lowest BCUT2D eigenvalue weighted by atomic mass is 10.2. The first-order chi connectivity index (χ1) is 10.3. The van der Waals surface area contributed by atoms with Crippen molar-refractivity contribution in [3.63, 3.8) is 0 Å². The van der Waals surface area contributed by atoms with Crippen LogP contribution in [0.5, 0.6) is 5.75 Å². The van der Waals surface area contributed by atoms with Crippen molar-refractivity contribution in [2.45, 2.75) is 13.3 Å². The number of hydrogen-bond acceptors (Lipinski definition) is 3. The molecular formula is C16H16ClN3O. The van der Waals surface area contributed by atoms with Crippen LogP contribution in [0.4, 0.5) is 0 Å². The van der Waals surface area contributed by atoms with Gasteiger partial charge in [0.2, 0.25) is 0 Å². The number of para-hydroxylation sites is 2. The van der Waals surface area contributed by atoms with Gasteiger partial charge in [-0.2, -0.15) is 0 Å². The zero-order valence-electron chi connectivity index (χ0n) is 11.8. The number of ether oxygens (including phenoxy) is 1. The number of fused-ring (bicyclic) bond motifs is 1. The summed E-state index contributed by atoms with van der Waals surface area (Å²) in [6.45, 7) is 2.59. The van der Waals surface area contributed by atoms with Gasteiger partial charge in [0.15, 0.2) is 5.65 Å². The second-order valence-corrected chi connectivity index (χ2v) is 4.93. The van der Waals surface area contributed by atoms with Crippen molar-refractivity contribution in [2.75, 3.05) is 12.5 Å². The third-order valence-corrected chi connectivity index (χ3v) is 3.40. The fourth-order valence-electron chi connectivity index (χ4n) is 2.38. The number of aryl methyl sites for hydroxylation is 1. The molecule has 0 aliphatic rings. The van der Waals surface area contributed by atoms with Crippen LogP contribution in [0.25, 0.3) is 16.9 Å². The molecule has 0 saturated heterocycles. The Morgan fingerprint density at radius 2 is 2.05 bits per heavy atom. The smallest absolute Gasteiger partial charge is 0.164 e. The maximum atomic E-state index is 5.92. The second-order valence-electron chi connectivity index (χ2n) is 4.55. The summed E-state index contributed by atoms with van der Waals surface area (Å²) in [5, 5.41) is 0. The highest BCUT2D eigenvalue weighted by Gasteiger charge is 2.15. The molecule has 5 heteroatoms. The van der Waals surface area contributed by atoms with E-state index in [0.717, 1.165) is 28.4 Å². The molecule has 0 radical (unpaired) electrons. The summed E-state index contributed by atoms with van der Waals surface area (Å²) >= 11 is 5.92. The number of rotatable bonds is 5. The van der Waals surface area contributed by atoms with Crippen LogP contribution < -0.4 is 4.74 Å². The van der Waals surface area contributed by atoms with E-state index in [2.05, 4.69) is 9.97 Å². The zero-order chi connectivity index (χ0) is 14.7. The third-order valence-electron chi connectivity index (χ3n) is 3.21. The highest BCUT2D eigenvalue weighted by Crippen LogP contribution is 2.27. The molecule has 0 aliphatic carbocycles. The molecule has 0 aliphatic heterocycles. The Balaban J connectivity index is 2.25. The van der Waals surface area contributed by atoms with Crippen molar-refractivity contribution in [2.24, 2.45) is 0 Å². The molecule has 0 N–H and O–H groups in total. The molecule has 0 fully saturated rings. The highest BCUT2D eigenvalue weighted by molar-refractivity contribution is 6.17. The number of halogens is 1. The average Bonchev–Trinajstić information content (AvgIpc) is 2.86.